The number of ether oxygens (including phenoxy) is 1. The van der Waals surface area contributed by atoms with Crippen LogP contribution in [0.15, 0.2) is 30.6 Å². The summed E-state index contributed by atoms with van der Waals surface area (Å²) < 4.78 is 5.73. The molecule has 0 aliphatic carbocycles. The molecule has 1 aromatic heterocycles. The van der Waals surface area contributed by atoms with Gasteiger partial charge in [0.2, 0.25) is 0 Å². The fourth-order valence-corrected chi connectivity index (χ4v) is 1.80. The number of benzene rings is 1. The zero-order valence-electron chi connectivity index (χ0n) is 10.9. The second-order valence-corrected chi connectivity index (χ2v) is 4.40. The molecule has 96 valence electrons. The molecule has 2 aromatic rings. The molecule has 0 fully saturated rings. The van der Waals surface area contributed by atoms with E-state index in [0.29, 0.717) is 6.61 Å². The number of hydrogen-bond donors (Lipinski definition) is 2. The van der Waals surface area contributed by atoms with Crippen molar-refractivity contribution in [2.75, 3.05) is 13.2 Å². The van der Waals surface area contributed by atoms with E-state index in [1.807, 2.05) is 18.5 Å². The highest BCUT2D eigenvalue weighted by atomic mass is 16.5. The number of aryl methyl sites for hydroxylation is 2. The van der Waals surface area contributed by atoms with Crippen LogP contribution in [-0.4, -0.2) is 23.3 Å². The van der Waals surface area contributed by atoms with Gasteiger partial charge >= 0.3 is 0 Å². The van der Waals surface area contributed by atoms with Crippen molar-refractivity contribution in [1.82, 2.24) is 15.5 Å². The SMILES string of the molecule is Cc1ccc(OCCNCc2cn[nH]c2)c(C)c1. The maximum atomic E-state index is 5.73. The monoisotopic (exact) mass is 245 g/mol. The highest BCUT2D eigenvalue weighted by Crippen LogP contribution is 2.18. The lowest BCUT2D eigenvalue weighted by atomic mass is 10.1. The molecule has 0 saturated carbocycles. The minimum atomic E-state index is 0.668. The van der Waals surface area contributed by atoms with E-state index < -0.39 is 0 Å². The van der Waals surface area contributed by atoms with Crippen molar-refractivity contribution >= 4 is 0 Å². The van der Waals surface area contributed by atoms with Crippen LogP contribution in [0.25, 0.3) is 0 Å². The van der Waals surface area contributed by atoms with Gasteiger partial charge in [0, 0.05) is 24.8 Å². The average molecular weight is 245 g/mol. The van der Waals surface area contributed by atoms with Gasteiger partial charge in [0.15, 0.2) is 0 Å². The second kappa shape index (κ2) is 6.21. The fraction of sp³-hybridized carbons (Fsp3) is 0.357. The summed E-state index contributed by atoms with van der Waals surface area (Å²) in [5.41, 5.74) is 3.60. The Hall–Kier alpha value is -1.81. The zero-order chi connectivity index (χ0) is 12.8. The van der Waals surface area contributed by atoms with Crippen LogP contribution in [0.2, 0.25) is 0 Å². The van der Waals surface area contributed by atoms with Crippen LogP contribution >= 0.6 is 0 Å². The Labute approximate surface area is 107 Å². The third kappa shape index (κ3) is 3.60. The average Bonchev–Trinajstić information content (AvgIpc) is 2.84. The van der Waals surface area contributed by atoms with Crippen molar-refractivity contribution in [2.45, 2.75) is 20.4 Å². The van der Waals surface area contributed by atoms with E-state index in [4.69, 9.17) is 4.74 Å². The molecule has 1 heterocycles. The van der Waals surface area contributed by atoms with Crippen molar-refractivity contribution in [3.8, 4) is 5.75 Å². The largest absolute Gasteiger partial charge is 0.492 e. The lowest BCUT2D eigenvalue weighted by Gasteiger charge is -2.10. The summed E-state index contributed by atoms with van der Waals surface area (Å²) in [5.74, 6) is 0.964. The molecule has 0 aliphatic rings. The van der Waals surface area contributed by atoms with E-state index in [1.54, 1.807) is 0 Å². The summed E-state index contributed by atoms with van der Waals surface area (Å²) in [6, 6.07) is 6.23. The van der Waals surface area contributed by atoms with Gasteiger partial charge in [-0.05, 0) is 25.5 Å². The number of rotatable bonds is 6. The second-order valence-electron chi connectivity index (χ2n) is 4.40. The van der Waals surface area contributed by atoms with Gasteiger partial charge in [0.1, 0.15) is 12.4 Å². The molecule has 0 radical (unpaired) electrons. The topological polar surface area (TPSA) is 49.9 Å². The van der Waals surface area contributed by atoms with E-state index in [0.717, 1.165) is 24.4 Å². The molecule has 0 spiro atoms. The fourth-order valence-electron chi connectivity index (χ4n) is 1.80. The Morgan fingerprint density at radius 1 is 1.33 bits per heavy atom. The Kier molecular flexibility index (Phi) is 4.36. The molecule has 18 heavy (non-hydrogen) atoms. The number of aromatic nitrogens is 2. The Morgan fingerprint density at radius 2 is 2.22 bits per heavy atom. The van der Waals surface area contributed by atoms with Crippen LogP contribution in [0, 0.1) is 13.8 Å². The molecule has 0 saturated heterocycles. The van der Waals surface area contributed by atoms with Gasteiger partial charge in [0.25, 0.3) is 0 Å². The van der Waals surface area contributed by atoms with Crippen LogP contribution < -0.4 is 10.1 Å². The normalized spacial score (nSPS) is 10.6. The van der Waals surface area contributed by atoms with Gasteiger partial charge in [-0.3, -0.25) is 5.10 Å². The zero-order valence-corrected chi connectivity index (χ0v) is 10.9. The number of nitrogens with one attached hydrogen (secondary N) is 2. The Morgan fingerprint density at radius 3 is 2.94 bits per heavy atom. The molecule has 0 bridgehead atoms. The van der Waals surface area contributed by atoms with E-state index in [1.165, 1.54) is 11.1 Å². The minimum Gasteiger partial charge on any atom is -0.492 e. The number of hydrogen-bond acceptors (Lipinski definition) is 3. The lowest BCUT2D eigenvalue weighted by Crippen LogP contribution is -2.20. The molecule has 4 nitrogen and oxygen atoms in total. The first-order valence-corrected chi connectivity index (χ1v) is 6.14. The number of aromatic amines is 1. The number of H-pyrrole nitrogens is 1. The molecule has 0 amide bonds. The van der Waals surface area contributed by atoms with Crippen molar-refractivity contribution in [2.24, 2.45) is 0 Å². The van der Waals surface area contributed by atoms with Crippen LogP contribution in [0.1, 0.15) is 16.7 Å². The predicted molar refractivity (Wildman–Crippen MR) is 71.7 cm³/mol. The van der Waals surface area contributed by atoms with Crippen molar-refractivity contribution in [3.63, 3.8) is 0 Å². The maximum absolute atomic E-state index is 5.73. The standard InChI is InChI=1S/C14H19N3O/c1-11-3-4-14(12(2)7-11)18-6-5-15-8-13-9-16-17-10-13/h3-4,7,9-10,15H,5-6,8H2,1-2H3,(H,16,17). The van der Waals surface area contributed by atoms with Gasteiger partial charge in [-0.1, -0.05) is 17.7 Å². The van der Waals surface area contributed by atoms with Gasteiger partial charge in [0.05, 0.1) is 6.20 Å². The molecule has 2 N–H and O–H groups in total. The summed E-state index contributed by atoms with van der Waals surface area (Å²) in [4.78, 5) is 0. The van der Waals surface area contributed by atoms with Gasteiger partial charge in [-0.25, -0.2) is 0 Å². The first-order valence-electron chi connectivity index (χ1n) is 6.14. The van der Waals surface area contributed by atoms with Gasteiger partial charge < -0.3 is 10.1 Å². The summed E-state index contributed by atoms with van der Waals surface area (Å²) in [7, 11) is 0. The predicted octanol–water partition coefficient (Wildman–Crippen LogP) is 2.20. The van der Waals surface area contributed by atoms with Crippen molar-refractivity contribution in [3.05, 3.63) is 47.3 Å². The van der Waals surface area contributed by atoms with E-state index in [2.05, 4.69) is 41.5 Å². The number of nitrogens with zero attached hydrogens (tertiary/aromatic N) is 1. The van der Waals surface area contributed by atoms with Crippen LogP contribution in [0.5, 0.6) is 5.75 Å². The Balaban J connectivity index is 1.69. The molecule has 0 aliphatic heterocycles. The first-order chi connectivity index (χ1) is 8.75. The minimum absolute atomic E-state index is 0.668. The third-order valence-electron chi connectivity index (χ3n) is 2.75. The summed E-state index contributed by atoms with van der Waals surface area (Å²) in [6.45, 7) is 6.46. The lowest BCUT2D eigenvalue weighted by molar-refractivity contribution is 0.311. The molecule has 0 atom stereocenters. The quantitative estimate of drug-likeness (QED) is 0.767. The van der Waals surface area contributed by atoms with Crippen molar-refractivity contribution < 1.29 is 4.74 Å². The summed E-state index contributed by atoms with van der Waals surface area (Å²) >= 11 is 0. The molecule has 2 rings (SSSR count). The molecule has 4 heteroatoms. The maximum Gasteiger partial charge on any atom is 0.122 e. The van der Waals surface area contributed by atoms with Crippen LogP contribution in [0.4, 0.5) is 0 Å². The van der Waals surface area contributed by atoms with E-state index in [9.17, 15) is 0 Å². The van der Waals surface area contributed by atoms with Crippen LogP contribution in [-0.2, 0) is 6.54 Å². The van der Waals surface area contributed by atoms with E-state index >= 15 is 0 Å². The molecule has 0 unspecified atom stereocenters. The Bertz CT molecular complexity index is 480. The molecule has 1 aromatic carbocycles. The van der Waals surface area contributed by atoms with Gasteiger partial charge in [-0.15, -0.1) is 0 Å². The van der Waals surface area contributed by atoms with Gasteiger partial charge in [-0.2, -0.15) is 5.10 Å². The highest BCUT2D eigenvalue weighted by molar-refractivity contribution is 5.35. The summed E-state index contributed by atoms with van der Waals surface area (Å²) in [6.07, 6.45) is 3.70. The summed E-state index contributed by atoms with van der Waals surface area (Å²) in [5, 5.41) is 9.98. The first kappa shape index (κ1) is 12.6. The van der Waals surface area contributed by atoms with E-state index in [-0.39, 0.29) is 0 Å². The molecular formula is C14H19N3O. The third-order valence-corrected chi connectivity index (χ3v) is 2.75. The molecular weight excluding hydrogens is 226 g/mol. The van der Waals surface area contributed by atoms with Crippen molar-refractivity contribution in [1.29, 1.82) is 0 Å². The smallest absolute Gasteiger partial charge is 0.122 e. The highest BCUT2D eigenvalue weighted by Gasteiger charge is 1.99. The van der Waals surface area contributed by atoms with Crippen LogP contribution in [0.3, 0.4) is 0 Å².